The molecule has 1 aliphatic rings. The SMILES string of the molecule is c1ccc(-c2nc(C3=c4oc5c(ccc6ccccc65)c4=C(c4cccc5ccccc45)CC3)nc3c2sc2ccccc23)cc1. The van der Waals surface area contributed by atoms with E-state index >= 15 is 0 Å². The summed E-state index contributed by atoms with van der Waals surface area (Å²) >= 11 is 1.77. The van der Waals surface area contributed by atoms with Crippen molar-refractivity contribution in [2.75, 3.05) is 0 Å². The van der Waals surface area contributed by atoms with Gasteiger partial charge in [-0.2, -0.15) is 0 Å². The van der Waals surface area contributed by atoms with Gasteiger partial charge in [0.25, 0.3) is 0 Å². The summed E-state index contributed by atoms with van der Waals surface area (Å²) in [6, 6.07) is 47.3. The summed E-state index contributed by atoms with van der Waals surface area (Å²) in [5, 5.41) is 8.27. The third-order valence-electron chi connectivity index (χ3n) is 9.43. The Balaban J connectivity index is 1.38. The lowest BCUT2D eigenvalue weighted by atomic mass is 9.88. The van der Waals surface area contributed by atoms with E-state index in [-0.39, 0.29) is 0 Å². The van der Waals surface area contributed by atoms with Crippen molar-refractivity contribution in [1.29, 1.82) is 0 Å². The Morgan fingerprint density at radius 2 is 1.24 bits per heavy atom. The molecule has 3 heterocycles. The van der Waals surface area contributed by atoms with Gasteiger partial charge >= 0.3 is 0 Å². The van der Waals surface area contributed by atoms with Crippen molar-refractivity contribution in [3.05, 3.63) is 155 Å². The van der Waals surface area contributed by atoms with Gasteiger partial charge in [-0.15, -0.1) is 11.3 Å². The summed E-state index contributed by atoms with van der Waals surface area (Å²) in [5.74, 6) is 0.747. The maximum atomic E-state index is 7.03. The molecule has 0 radical (unpaired) electrons. The molecule has 10 rings (SSSR count). The van der Waals surface area contributed by atoms with Gasteiger partial charge < -0.3 is 4.42 Å². The van der Waals surface area contributed by atoms with E-state index in [1.807, 2.05) is 0 Å². The van der Waals surface area contributed by atoms with Crippen molar-refractivity contribution in [1.82, 2.24) is 9.97 Å². The fourth-order valence-electron chi connectivity index (χ4n) is 7.31. The Hall–Kier alpha value is -5.58. The molecule has 0 atom stereocenters. The van der Waals surface area contributed by atoms with Gasteiger partial charge in [-0.1, -0.05) is 121 Å². The third kappa shape index (κ3) is 3.77. The van der Waals surface area contributed by atoms with Gasteiger partial charge in [0.1, 0.15) is 11.0 Å². The minimum absolute atomic E-state index is 0.747. The van der Waals surface area contributed by atoms with Gasteiger partial charge in [-0.05, 0) is 52.3 Å². The lowest BCUT2D eigenvalue weighted by molar-refractivity contribution is 0.569. The fourth-order valence-corrected chi connectivity index (χ4v) is 8.47. The van der Waals surface area contributed by atoms with E-state index in [9.17, 15) is 0 Å². The van der Waals surface area contributed by atoms with Crippen molar-refractivity contribution in [3.63, 3.8) is 0 Å². The zero-order chi connectivity index (χ0) is 30.2. The van der Waals surface area contributed by atoms with Gasteiger partial charge in [0.05, 0.1) is 15.9 Å². The largest absolute Gasteiger partial charge is 0.455 e. The van der Waals surface area contributed by atoms with Crippen molar-refractivity contribution >= 4 is 75.3 Å². The molecule has 0 spiro atoms. The third-order valence-corrected chi connectivity index (χ3v) is 10.6. The predicted octanol–water partition coefficient (Wildman–Crippen LogP) is 9.76. The molecule has 4 heteroatoms. The highest BCUT2D eigenvalue weighted by Gasteiger charge is 2.25. The second kappa shape index (κ2) is 9.96. The quantitative estimate of drug-likeness (QED) is 0.201. The number of furan rings is 1. The van der Waals surface area contributed by atoms with Crippen LogP contribution in [0.3, 0.4) is 0 Å². The van der Waals surface area contributed by atoms with Crippen LogP contribution in [0.5, 0.6) is 0 Å². The second-order valence-electron chi connectivity index (χ2n) is 12.0. The number of rotatable bonds is 3. The Labute approximate surface area is 268 Å². The molecule has 0 saturated heterocycles. The first kappa shape index (κ1) is 25.7. The molecule has 0 unspecified atom stereocenters. The first-order chi connectivity index (χ1) is 22.8. The van der Waals surface area contributed by atoms with Gasteiger partial charge in [0, 0.05) is 37.2 Å². The number of hydrogen-bond acceptors (Lipinski definition) is 4. The molecule has 216 valence electrons. The van der Waals surface area contributed by atoms with Crippen LogP contribution in [0.2, 0.25) is 0 Å². The first-order valence-electron chi connectivity index (χ1n) is 15.7. The molecule has 9 aromatic rings. The average molecular weight is 607 g/mol. The van der Waals surface area contributed by atoms with Crippen molar-refractivity contribution in [2.24, 2.45) is 0 Å². The van der Waals surface area contributed by atoms with Crippen LogP contribution in [-0.4, -0.2) is 9.97 Å². The van der Waals surface area contributed by atoms with Crippen LogP contribution in [0.1, 0.15) is 24.2 Å². The van der Waals surface area contributed by atoms with E-state index in [0.29, 0.717) is 0 Å². The zero-order valence-corrected chi connectivity index (χ0v) is 25.6. The Bertz CT molecular complexity index is 2800. The van der Waals surface area contributed by atoms with Gasteiger partial charge in [-0.3, -0.25) is 0 Å². The van der Waals surface area contributed by atoms with E-state index in [1.54, 1.807) is 11.3 Å². The number of nitrogens with zero attached hydrogens (tertiary/aromatic N) is 2. The highest BCUT2D eigenvalue weighted by molar-refractivity contribution is 7.26. The van der Waals surface area contributed by atoms with Crippen LogP contribution >= 0.6 is 11.3 Å². The molecule has 0 N–H and O–H groups in total. The van der Waals surface area contributed by atoms with E-state index in [4.69, 9.17) is 14.4 Å². The first-order valence-corrected chi connectivity index (χ1v) is 16.5. The van der Waals surface area contributed by atoms with E-state index in [2.05, 4.69) is 133 Å². The monoisotopic (exact) mass is 606 g/mol. The maximum absolute atomic E-state index is 7.03. The van der Waals surface area contributed by atoms with Crippen molar-refractivity contribution in [2.45, 2.75) is 12.8 Å². The Kier molecular flexibility index (Phi) is 5.57. The molecule has 0 amide bonds. The summed E-state index contributed by atoms with van der Waals surface area (Å²) < 4.78 is 9.36. The summed E-state index contributed by atoms with van der Waals surface area (Å²) in [7, 11) is 0. The molecule has 46 heavy (non-hydrogen) atoms. The van der Waals surface area contributed by atoms with Crippen LogP contribution < -0.4 is 10.6 Å². The zero-order valence-electron chi connectivity index (χ0n) is 24.8. The van der Waals surface area contributed by atoms with Crippen LogP contribution in [0.15, 0.2) is 138 Å². The van der Waals surface area contributed by atoms with E-state index < -0.39 is 0 Å². The number of fused-ring (bicyclic) bond motifs is 9. The highest BCUT2D eigenvalue weighted by Crippen LogP contribution is 2.40. The maximum Gasteiger partial charge on any atom is 0.160 e. The lowest BCUT2D eigenvalue weighted by Gasteiger charge is -2.16. The van der Waals surface area contributed by atoms with Gasteiger partial charge in [0.2, 0.25) is 0 Å². The van der Waals surface area contributed by atoms with Crippen molar-refractivity contribution in [3.8, 4) is 11.3 Å². The summed E-state index contributed by atoms with van der Waals surface area (Å²) in [5.41, 5.74) is 8.52. The number of thiophene rings is 1. The number of hydrogen-bond donors (Lipinski definition) is 0. The Morgan fingerprint density at radius 3 is 2.11 bits per heavy atom. The standard InChI is InChI=1S/C42H26N2OS/c1-2-13-27(14-3-1)37-41-38(32-18-8-9-20-35(32)46-41)44-42(43-37)34-24-23-31(30-19-10-15-25-11-4-6-16-28(25)30)36-33-22-21-26-12-5-7-17-29(26)39(33)45-40(34)36/h1-22H,23-24H2. The topological polar surface area (TPSA) is 38.9 Å². The molecule has 0 fully saturated rings. The van der Waals surface area contributed by atoms with E-state index in [0.717, 1.165) is 67.5 Å². The molecule has 0 bridgehead atoms. The molecule has 3 nitrogen and oxygen atoms in total. The van der Waals surface area contributed by atoms with E-state index in [1.165, 1.54) is 42.6 Å². The molecule has 0 aliphatic heterocycles. The molecule has 6 aromatic carbocycles. The predicted molar refractivity (Wildman–Crippen MR) is 192 cm³/mol. The molecule has 0 saturated carbocycles. The minimum atomic E-state index is 0.747. The average Bonchev–Trinajstić information content (AvgIpc) is 3.70. The number of aromatic nitrogens is 2. The normalized spacial score (nSPS) is 13.4. The Morgan fingerprint density at radius 1 is 0.543 bits per heavy atom. The molecular formula is C42H26N2OS. The molecule has 1 aliphatic carbocycles. The number of benzene rings is 6. The van der Waals surface area contributed by atoms with Crippen LogP contribution in [0.4, 0.5) is 0 Å². The molecule has 3 aromatic heterocycles. The fraction of sp³-hybridized carbons (Fsp3) is 0.0476. The van der Waals surface area contributed by atoms with Crippen LogP contribution in [0, 0.1) is 0 Å². The van der Waals surface area contributed by atoms with Crippen LogP contribution in [0.25, 0.3) is 75.2 Å². The molecular weight excluding hydrogens is 581 g/mol. The lowest BCUT2D eigenvalue weighted by Crippen LogP contribution is -2.30. The minimum Gasteiger partial charge on any atom is -0.455 e. The smallest absolute Gasteiger partial charge is 0.160 e. The summed E-state index contributed by atoms with van der Waals surface area (Å²) in [4.78, 5) is 10.7. The summed E-state index contributed by atoms with van der Waals surface area (Å²) in [6.07, 6.45) is 1.65. The highest BCUT2D eigenvalue weighted by atomic mass is 32.1. The summed E-state index contributed by atoms with van der Waals surface area (Å²) in [6.45, 7) is 0. The second-order valence-corrected chi connectivity index (χ2v) is 13.0. The van der Waals surface area contributed by atoms with Gasteiger partial charge in [-0.25, -0.2) is 9.97 Å². The van der Waals surface area contributed by atoms with Crippen molar-refractivity contribution < 1.29 is 4.42 Å². The van der Waals surface area contributed by atoms with Gasteiger partial charge in [0.15, 0.2) is 5.82 Å². The van der Waals surface area contributed by atoms with Crippen LogP contribution in [-0.2, 0) is 0 Å².